The summed E-state index contributed by atoms with van der Waals surface area (Å²) in [6.45, 7) is 6.21. The monoisotopic (exact) mass is 276 g/mol. The predicted octanol–water partition coefficient (Wildman–Crippen LogP) is 1.32. The smallest absolute Gasteiger partial charge is 0.230 e. The quantitative estimate of drug-likeness (QED) is 0.882. The van der Waals surface area contributed by atoms with Crippen LogP contribution in [0.1, 0.15) is 24.8 Å². The van der Waals surface area contributed by atoms with Gasteiger partial charge in [-0.25, -0.2) is 0 Å². The van der Waals surface area contributed by atoms with Gasteiger partial charge in [-0.1, -0.05) is 37.3 Å². The van der Waals surface area contributed by atoms with Crippen molar-refractivity contribution in [1.29, 1.82) is 0 Å². The molecule has 1 aliphatic heterocycles. The fraction of sp³-hybridized carbons (Fsp3) is 0.562. The lowest BCUT2D eigenvalue weighted by Gasteiger charge is -2.36. The third-order valence-electron chi connectivity index (χ3n) is 4.01. The van der Waals surface area contributed by atoms with E-state index in [2.05, 4.69) is 11.8 Å². The molecule has 1 unspecified atom stereocenters. The van der Waals surface area contributed by atoms with Gasteiger partial charge in [0, 0.05) is 32.7 Å². The molecule has 0 saturated carbocycles. The van der Waals surface area contributed by atoms with Gasteiger partial charge in [0.05, 0.1) is 12.5 Å². The minimum absolute atomic E-state index is 0.0272. The highest BCUT2D eigenvalue weighted by Crippen LogP contribution is 2.22. The van der Waals surface area contributed by atoms with Gasteiger partial charge < -0.3 is 10.0 Å². The first-order valence-corrected chi connectivity index (χ1v) is 7.43. The van der Waals surface area contributed by atoms with Crippen LogP contribution in [0.25, 0.3) is 0 Å². The summed E-state index contributed by atoms with van der Waals surface area (Å²) < 4.78 is 0. The van der Waals surface area contributed by atoms with Gasteiger partial charge in [-0.2, -0.15) is 0 Å². The SMILES string of the molecule is CCC(C(=O)N1CCN(CCO)CC1)c1ccccc1. The number of carbonyl (C=O) groups is 1. The fourth-order valence-corrected chi connectivity index (χ4v) is 2.79. The number of benzene rings is 1. The summed E-state index contributed by atoms with van der Waals surface area (Å²) in [5, 5.41) is 8.95. The van der Waals surface area contributed by atoms with Crippen LogP contribution < -0.4 is 0 Å². The molecule has 110 valence electrons. The van der Waals surface area contributed by atoms with E-state index < -0.39 is 0 Å². The topological polar surface area (TPSA) is 43.8 Å². The molecule has 1 aromatic carbocycles. The molecule has 0 aliphatic carbocycles. The minimum Gasteiger partial charge on any atom is -0.395 e. The molecular formula is C16H24N2O2. The summed E-state index contributed by atoms with van der Waals surface area (Å²) in [6, 6.07) is 10.0. The molecular weight excluding hydrogens is 252 g/mol. The summed E-state index contributed by atoms with van der Waals surface area (Å²) in [7, 11) is 0. The second kappa shape index (κ2) is 7.41. The molecule has 0 aromatic heterocycles. The molecule has 1 aliphatic rings. The van der Waals surface area contributed by atoms with E-state index >= 15 is 0 Å². The summed E-state index contributed by atoms with van der Waals surface area (Å²) in [6.07, 6.45) is 0.833. The molecule has 4 heteroatoms. The van der Waals surface area contributed by atoms with Crippen molar-refractivity contribution in [2.24, 2.45) is 0 Å². The van der Waals surface area contributed by atoms with E-state index in [1.165, 1.54) is 0 Å². The van der Waals surface area contributed by atoms with E-state index in [4.69, 9.17) is 5.11 Å². The molecule has 1 amide bonds. The molecule has 2 rings (SSSR count). The van der Waals surface area contributed by atoms with Crippen molar-refractivity contribution in [2.45, 2.75) is 19.3 Å². The van der Waals surface area contributed by atoms with Crippen LogP contribution in [0.5, 0.6) is 0 Å². The molecule has 1 heterocycles. The maximum absolute atomic E-state index is 12.7. The first kappa shape index (κ1) is 15.0. The van der Waals surface area contributed by atoms with Gasteiger partial charge in [0.1, 0.15) is 0 Å². The van der Waals surface area contributed by atoms with Crippen molar-refractivity contribution in [3.8, 4) is 0 Å². The third-order valence-corrected chi connectivity index (χ3v) is 4.01. The fourth-order valence-electron chi connectivity index (χ4n) is 2.79. The van der Waals surface area contributed by atoms with E-state index in [-0.39, 0.29) is 18.4 Å². The van der Waals surface area contributed by atoms with Gasteiger partial charge in [0.2, 0.25) is 5.91 Å². The van der Waals surface area contributed by atoms with Crippen molar-refractivity contribution in [3.05, 3.63) is 35.9 Å². The highest BCUT2D eigenvalue weighted by molar-refractivity contribution is 5.83. The Morgan fingerprint density at radius 3 is 2.40 bits per heavy atom. The Morgan fingerprint density at radius 1 is 1.20 bits per heavy atom. The van der Waals surface area contributed by atoms with Gasteiger partial charge >= 0.3 is 0 Å². The standard InChI is InChI=1S/C16H24N2O2/c1-2-15(14-6-4-3-5-7-14)16(20)18-10-8-17(9-11-18)12-13-19/h3-7,15,19H,2,8-13H2,1H3. The van der Waals surface area contributed by atoms with E-state index in [0.29, 0.717) is 6.54 Å². The second-order valence-corrected chi connectivity index (χ2v) is 5.26. The number of aliphatic hydroxyl groups is 1. The zero-order valence-electron chi connectivity index (χ0n) is 12.2. The first-order valence-electron chi connectivity index (χ1n) is 7.43. The third kappa shape index (κ3) is 3.58. The Hall–Kier alpha value is -1.39. The Morgan fingerprint density at radius 2 is 1.85 bits per heavy atom. The van der Waals surface area contributed by atoms with Crippen LogP contribution in [-0.2, 0) is 4.79 Å². The summed E-state index contributed by atoms with van der Waals surface area (Å²) in [4.78, 5) is 16.8. The van der Waals surface area contributed by atoms with E-state index in [1.54, 1.807) is 0 Å². The molecule has 1 N–H and O–H groups in total. The van der Waals surface area contributed by atoms with E-state index in [9.17, 15) is 4.79 Å². The number of aliphatic hydroxyl groups excluding tert-OH is 1. The first-order chi connectivity index (χ1) is 9.76. The van der Waals surface area contributed by atoms with Crippen LogP contribution in [0.2, 0.25) is 0 Å². The zero-order valence-corrected chi connectivity index (χ0v) is 12.2. The molecule has 4 nitrogen and oxygen atoms in total. The van der Waals surface area contributed by atoms with E-state index in [0.717, 1.165) is 38.2 Å². The largest absolute Gasteiger partial charge is 0.395 e. The minimum atomic E-state index is -0.0272. The number of hydrogen-bond acceptors (Lipinski definition) is 3. The van der Waals surface area contributed by atoms with E-state index in [1.807, 2.05) is 35.2 Å². The Kier molecular flexibility index (Phi) is 5.56. The maximum Gasteiger partial charge on any atom is 0.230 e. The molecule has 20 heavy (non-hydrogen) atoms. The lowest BCUT2D eigenvalue weighted by molar-refractivity contribution is -0.134. The number of β-amino-alcohol motifs (C(OH)–C–C–N with tert-alkyl or cyclic N) is 1. The van der Waals surface area contributed by atoms with Crippen molar-refractivity contribution in [3.63, 3.8) is 0 Å². The van der Waals surface area contributed by atoms with Gasteiger partial charge in [0.15, 0.2) is 0 Å². The van der Waals surface area contributed by atoms with Gasteiger partial charge in [-0.05, 0) is 12.0 Å². The highest BCUT2D eigenvalue weighted by Gasteiger charge is 2.27. The van der Waals surface area contributed by atoms with Crippen LogP contribution in [0.15, 0.2) is 30.3 Å². The average Bonchev–Trinajstić information content (AvgIpc) is 2.50. The Labute approximate surface area is 121 Å². The molecule has 1 fully saturated rings. The van der Waals surface area contributed by atoms with Gasteiger partial charge in [-0.3, -0.25) is 9.69 Å². The average molecular weight is 276 g/mol. The van der Waals surface area contributed by atoms with Crippen molar-refractivity contribution in [1.82, 2.24) is 9.80 Å². The van der Waals surface area contributed by atoms with Crippen LogP contribution in [-0.4, -0.2) is 60.1 Å². The summed E-state index contributed by atoms with van der Waals surface area (Å²) in [5.74, 6) is 0.211. The van der Waals surface area contributed by atoms with Gasteiger partial charge in [0.25, 0.3) is 0 Å². The van der Waals surface area contributed by atoms with Crippen molar-refractivity contribution < 1.29 is 9.90 Å². The normalized spacial score (nSPS) is 18.0. The number of amides is 1. The number of nitrogens with zero attached hydrogens (tertiary/aromatic N) is 2. The summed E-state index contributed by atoms with van der Waals surface area (Å²) >= 11 is 0. The highest BCUT2D eigenvalue weighted by atomic mass is 16.3. The molecule has 0 radical (unpaired) electrons. The van der Waals surface area contributed by atoms with Crippen LogP contribution in [0.3, 0.4) is 0 Å². The van der Waals surface area contributed by atoms with Crippen molar-refractivity contribution in [2.75, 3.05) is 39.3 Å². The maximum atomic E-state index is 12.7. The lowest BCUT2D eigenvalue weighted by Crippen LogP contribution is -2.50. The summed E-state index contributed by atoms with van der Waals surface area (Å²) in [5.41, 5.74) is 1.11. The lowest BCUT2D eigenvalue weighted by atomic mass is 9.95. The number of piperazine rings is 1. The second-order valence-electron chi connectivity index (χ2n) is 5.26. The molecule has 0 bridgehead atoms. The molecule has 1 aromatic rings. The number of rotatable bonds is 5. The van der Waals surface area contributed by atoms with Crippen molar-refractivity contribution >= 4 is 5.91 Å². The number of carbonyl (C=O) groups excluding carboxylic acids is 1. The molecule has 1 saturated heterocycles. The Balaban J connectivity index is 1.97. The van der Waals surface area contributed by atoms with Crippen LogP contribution >= 0.6 is 0 Å². The predicted molar refractivity (Wildman–Crippen MR) is 79.6 cm³/mol. The zero-order chi connectivity index (χ0) is 14.4. The van der Waals surface area contributed by atoms with Crippen LogP contribution in [0.4, 0.5) is 0 Å². The molecule has 0 spiro atoms. The molecule has 1 atom stereocenters. The van der Waals surface area contributed by atoms with Gasteiger partial charge in [-0.15, -0.1) is 0 Å². The Bertz CT molecular complexity index is 414. The van der Waals surface area contributed by atoms with Crippen LogP contribution in [0, 0.1) is 0 Å². The number of hydrogen-bond donors (Lipinski definition) is 1.